The molecular weight excluding hydrogens is 386 g/mol. The van der Waals surface area contributed by atoms with E-state index in [1.807, 2.05) is 42.5 Å². The number of carbonyl (C=O) groups is 1. The van der Waals surface area contributed by atoms with Crippen LogP contribution in [-0.2, 0) is 14.8 Å². The van der Waals surface area contributed by atoms with E-state index in [4.69, 9.17) is 0 Å². The molecule has 0 unspecified atom stereocenters. The van der Waals surface area contributed by atoms with E-state index in [0.29, 0.717) is 18.8 Å². The minimum Gasteiger partial charge on any atom is -0.376 e. The SMILES string of the molecule is CCN(CC)S(=O)(=O)c1cccc(NC(=O)CNc2cccc3ccccc23)c1. The summed E-state index contributed by atoms with van der Waals surface area (Å²) in [5, 5.41) is 8.04. The summed E-state index contributed by atoms with van der Waals surface area (Å²) in [7, 11) is -3.57. The highest BCUT2D eigenvalue weighted by Crippen LogP contribution is 2.23. The Hall–Kier alpha value is -2.90. The smallest absolute Gasteiger partial charge is 0.243 e. The monoisotopic (exact) mass is 411 g/mol. The molecule has 0 aliphatic rings. The van der Waals surface area contributed by atoms with Crippen LogP contribution in [-0.4, -0.2) is 38.3 Å². The molecule has 0 spiro atoms. The normalized spacial score (nSPS) is 11.6. The third kappa shape index (κ3) is 4.75. The molecule has 0 saturated carbocycles. The Balaban J connectivity index is 1.70. The molecule has 0 bridgehead atoms. The number of hydrogen-bond donors (Lipinski definition) is 2. The van der Waals surface area contributed by atoms with Gasteiger partial charge in [0.2, 0.25) is 15.9 Å². The van der Waals surface area contributed by atoms with Crippen molar-refractivity contribution in [2.75, 3.05) is 30.3 Å². The summed E-state index contributed by atoms with van der Waals surface area (Å²) in [5.41, 5.74) is 1.32. The van der Waals surface area contributed by atoms with Gasteiger partial charge in [0.05, 0.1) is 11.4 Å². The van der Waals surface area contributed by atoms with Crippen LogP contribution in [0.1, 0.15) is 13.8 Å². The van der Waals surface area contributed by atoms with E-state index in [-0.39, 0.29) is 17.3 Å². The molecule has 152 valence electrons. The van der Waals surface area contributed by atoms with Gasteiger partial charge in [0, 0.05) is 29.9 Å². The van der Waals surface area contributed by atoms with Gasteiger partial charge in [-0.05, 0) is 29.7 Å². The second-order valence-electron chi connectivity index (χ2n) is 6.55. The summed E-state index contributed by atoms with van der Waals surface area (Å²) in [6.07, 6.45) is 0. The van der Waals surface area contributed by atoms with Crippen molar-refractivity contribution in [3.05, 3.63) is 66.7 Å². The van der Waals surface area contributed by atoms with Crippen molar-refractivity contribution in [1.29, 1.82) is 0 Å². The molecule has 0 saturated heterocycles. The lowest BCUT2D eigenvalue weighted by atomic mass is 10.1. The van der Waals surface area contributed by atoms with Gasteiger partial charge in [-0.2, -0.15) is 4.31 Å². The van der Waals surface area contributed by atoms with E-state index in [9.17, 15) is 13.2 Å². The Morgan fingerprint density at radius 1 is 0.931 bits per heavy atom. The molecule has 0 fully saturated rings. The molecule has 0 aliphatic heterocycles. The average Bonchev–Trinajstić information content (AvgIpc) is 2.73. The van der Waals surface area contributed by atoms with Crippen LogP contribution in [0.25, 0.3) is 10.8 Å². The van der Waals surface area contributed by atoms with Crippen LogP contribution in [0.4, 0.5) is 11.4 Å². The van der Waals surface area contributed by atoms with Crippen molar-refractivity contribution in [3.63, 3.8) is 0 Å². The predicted octanol–water partition coefficient (Wildman–Crippen LogP) is 3.92. The molecule has 7 heteroatoms. The number of anilines is 2. The first-order valence-corrected chi connectivity index (χ1v) is 11.0. The van der Waals surface area contributed by atoms with Gasteiger partial charge in [-0.25, -0.2) is 8.42 Å². The lowest BCUT2D eigenvalue weighted by molar-refractivity contribution is -0.114. The Morgan fingerprint density at radius 2 is 1.62 bits per heavy atom. The van der Waals surface area contributed by atoms with E-state index in [2.05, 4.69) is 10.6 Å². The van der Waals surface area contributed by atoms with Crippen LogP contribution in [0.3, 0.4) is 0 Å². The van der Waals surface area contributed by atoms with Gasteiger partial charge in [-0.1, -0.05) is 56.3 Å². The molecule has 3 aromatic rings. The number of nitrogens with one attached hydrogen (secondary N) is 2. The Morgan fingerprint density at radius 3 is 2.38 bits per heavy atom. The second kappa shape index (κ2) is 9.07. The van der Waals surface area contributed by atoms with Crippen molar-refractivity contribution in [2.45, 2.75) is 18.7 Å². The van der Waals surface area contributed by atoms with Crippen molar-refractivity contribution in [1.82, 2.24) is 4.31 Å². The maximum absolute atomic E-state index is 12.7. The molecular formula is C22H25N3O3S. The van der Waals surface area contributed by atoms with E-state index >= 15 is 0 Å². The van der Waals surface area contributed by atoms with Gasteiger partial charge < -0.3 is 10.6 Å². The Kier molecular flexibility index (Phi) is 6.51. The maximum atomic E-state index is 12.7. The zero-order valence-corrected chi connectivity index (χ0v) is 17.4. The van der Waals surface area contributed by atoms with Gasteiger partial charge >= 0.3 is 0 Å². The fourth-order valence-corrected chi connectivity index (χ4v) is 4.71. The van der Waals surface area contributed by atoms with Gasteiger partial charge in [-0.3, -0.25) is 4.79 Å². The largest absolute Gasteiger partial charge is 0.376 e. The minimum absolute atomic E-state index is 0.0705. The third-order valence-electron chi connectivity index (χ3n) is 4.69. The lowest BCUT2D eigenvalue weighted by Gasteiger charge is -2.19. The zero-order chi connectivity index (χ0) is 20.9. The number of sulfonamides is 1. The fraction of sp³-hybridized carbons (Fsp3) is 0.227. The van der Waals surface area contributed by atoms with Crippen molar-refractivity contribution in [3.8, 4) is 0 Å². The number of hydrogen-bond acceptors (Lipinski definition) is 4. The maximum Gasteiger partial charge on any atom is 0.243 e. The van der Waals surface area contributed by atoms with Crippen LogP contribution in [0.5, 0.6) is 0 Å². The van der Waals surface area contributed by atoms with E-state index in [0.717, 1.165) is 16.5 Å². The van der Waals surface area contributed by atoms with Gasteiger partial charge in [0.15, 0.2) is 0 Å². The molecule has 0 heterocycles. The number of carbonyl (C=O) groups excluding carboxylic acids is 1. The lowest BCUT2D eigenvalue weighted by Crippen LogP contribution is -2.30. The molecule has 0 aliphatic carbocycles. The predicted molar refractivity (Wildman–Crippen MR) is 118 cm³/mol. The quantitative estimate of drug-likeness (QED) is 0.589. The summed E-state index contributed by atoms with van der Waals surface area (Å²) in [6, 6.07) is 20.1. The number of fused-ring (bicyclic) bond motifs is 1. The number of benzene rings is 3. The van der Waals surface area contributed by atoms with E-state index < -0.39 is 10.0 Å². The molecule has 2 N–H and O–H groups in total. The van der Waals surface area contributed by atoms with Crippen LogP contribution >= 0.6 is 0 Å². The summed E-state index contributed by atoms with van der Waals surface area (Å²) < 4.78 is 26.7. The average molecular weight is 412 g/mol. The molecule has 1 amide bonds. The molecule has 6 nitrogen and oxygen atoms in total. The highest BCUT2D eigenvalue weighted by atomic mass is 32.2. The third-order valence-corrected chi connectivity index (χ3v) is 6.74. The molecule has 29 heavy (non-hydrogen) atoms. The Labute approximate surface area is 171 Å². The summed E-state index contributed by atoms with van der Waals surface area (Å²) in [5.74, 6) is -0.254. The summed E-state index contributed by atoms with van der Waals surface area (Å²) >= 11 is 0. The molecule has 3 rings (SSSR count). The molecule has 0 radical (unpaired) electrons. The van der Waals surface area contributed by atoms with Crippen molar-refractivity contribution in [2.24, 2.45) is 0 Å². The first kappa shape index (κ1) is 20.8. The van der Waals surface area contributed by atoms with Gasteiger partial charge in [0.1, 0.15) is 0 Å². The van der Waals surface area contributed by atoms with Crippen LogP contribution in [0.15, 0.2) is 71.6 Å². The van der Waals surface area contributed by atoms with Crippen LogP contribution < -0.4 is 10.6 Å². The van der Waals surface area contributed by atoms with E-state index in [1.165, 1.54) is 16.4 Å². The first-order valence-electron chi connectivity index (χ1n) is 9.57. The topological polar surface area (TPSA) is 78.5 Å². The van der Waals surface area contributed by atoms with Crippen LogP contribution in [0, 0.1) is 0 Å². The Bertz CT molecular complexity index is 1100. The number of rotatable bonds is 8. The van der Waals surface area contributed by atoms with E-state index in [1.54, 1.807) is 26.0 Å². The van der Waals surface area contributed by atoms with Crippen molar-refractivity contribution >= 4 is 38.1 Å². The van der Waals surface area contributed by atoms with Crippen LogP contribution in [0.2, 0.25) is 0 Å². The van der Waals surface area contributed by atoms with Gasteiger partial charge in [-0.15, -0.1) is 0 Å². The number of amides is 1. The highest BCUT2D eigenvalue weighted by molar-refractivity contribution is 7.89. The summed E-state index contributed by atoms with van der Waals surface area (Å²) in [4.78, 5) is 12.6. The first-order chi connectivity index (χ1) is 14.0. The van der Waals surface area contributed by atoms with Gasteiger partial charge in [0.25, 0.3) is 0 Å². The zero-order valence-electron chi connectivity index (χ0n) is 16.6. The molecule has 3 aromatic carbocycles. The fourth-order valence-electron chi connectivity index (χ4n) is 3.21. The van der Waals surface area contributed by atoms with Crippen molar-refractivity contribution < 1.29 is 13.2 Å². The second-order valence-corrected chi connectivity index (χ2v) is 8.48. The minimum atomic E-state index is -3.57. The summed E-state index contributed by atoms with van der Waals surface area (Å²) in [6.45, 7) is 4.45. The molecule has 0 atom stereocenters. The highest BCUT2D eigenvalue weighted by Gasteiger charge is 2.21. The standard InChI is InChI=1S/C22H25N3O3S/c1-3-25(4-2)29(27,28)19-12-8-11-18(15-19)24-22(26)16-23-21-14-7-10-17-9-5-6-13-20(17)21/h5-15,23H,3-4,16H2,1-2H3,(H,24,26). The molecule has 0 aromatic heterocycles. The number of nitrogens with zero attached hydrogens (tertiary/aromatic N) is 1.